The molecule has 2 N–H and O–H groups in total. The van der Waals surface area contributed by atoms with E-state index in [1.54, 1.807) is 0 Å². The molecule has 11 heteroatoms. The quantitative estimate of drug-likeness (QED) is 0.377. The zero-order chi connectivity index (χ0) is 26.7. The lowest BCUT2D eigenvalue weighted by Crippen LogP contribution is -2.73. The van der Waals surface area contributed by atoms with Crippen LogP contribution in [0, 0.1) is 27.7 Å². The number of anilines is 3. The zero-order valence-corrected chi connectivity index (χ0v) is 23.0. The summed E-state index contributed by atoms with van der Waals surface area (Å²) in [6.07, 6.45) is 3.31. The van der Waals surface area contributed by atoms with Crippen molar-refractivity contribution < 1.29 is 0 Å². The Balaban J connectivity index is 0.932. The van der Waals surface area contributed by atoms with E-state index in [0.29, 0.717) is 18.1 Å². The molecule has 0 saturated carbocycles. The Bertz CT molecular complexity index is 1470. The number of rotatable bonds is 7. The van der Waals surface area contributed by atoms with E-state index in [0.717, 1.165) is 78.9 Å². The van der Waals surface area contributed by atoms with Gasteiger partial charge in [0.15, 0.2) is 11.6 Å². The second-order valence-electron chi connectivity index (χ2n) is 11.3. The van der Waals surface area contributed by atoms with Crippen LogP contribution >= 0.6 is 0 Å². The summed E-state index contributed by atoms with van der Waals surface area (Å²) >= 11 is 0. The molecule has 11 nitrogen and oxygen atoms in total. The van der Waals surface area contributed by atoms with E-state index >= 15 is 0 Å². The van der Waals surface area contributed by atoms with Crippen LogP contribution in [0.1, 0.15) is 34.8 Å². The van der Waals surface area contributed by atoms with Crippen LogP contribution in [0.15, 0.2) is 36.5 Å². The van der Waals surface area contributed by atoms with E-state index in [4.69, 9.17) is 15.0 Å². The lowest BCUT2D eigenvalue weighted by molar-refractivity contribution is -0.0903. The van der Waals surface area contributed by atoms with Crippen molar-refractivity contribution in [3.8, 4) is 5.82 Å². The van der Waals surface area contributed by atoms with Crippen molar-refractivity contribution in [1.82, 2.24) is 44.7 Å². The van der Waals surface area contributed by atoms with Crippen molar-refractivity contribution in [1.29, 1.82) is 0 Å². The summed E-state index contributed by atoms with van der Waals surface area (Å²) in [6, 6.07) is 12.1. The van der Waals surface area contributed by atoms with Gasteiger partial charge in [-0.1, -0.05) is 6.07 Å². The van der Waals surface area contributed by atoms with Gasteiger partial charge in [0.2, 0.25) is 5.95 Å². The highest BCUT2D eigenvalue weighted by molar-refractivity contribution is 5.55. The third-order valence-electron chi connectivity index (χ3n) is 8.24. The number of piperazine rings is 1. The third-order valence-corrected chi connectivity index (χ3v) is 8.24. The number of nitrogens with one attached hydrogen (secondary N) is 2. The third kappa shape index (κ3) is 4.65. The lowest BCUT2D eigenvalue weighted by atomic mass is 9.85. The van der Waals surface area contributed by atoms with Gasteiger partial charge in [0.25, 0.3) is 0 Å². The molecule has 4 aliphatic heterocycles. The lowest BCUT2D eigenvalue weighted by Gasteiger charge is -2.60. The topological polar surface area (TPSA) is 107 Å². The molecule has 4 aliphatic rings. The second kappa shape index (κ2) is 9.42. The van der Waals surface area contributed by atoms with Gasteiger partial charge in [-0.05, 0) is 51.8 Å². The number of nitrogens with zero attached hydrogens (tertiary/aromatic N) is 9. The maximum Gasteiger partial charge on any atom is 0.227 e. The van der Waals surface area contributed by atoms with Crippen molar-refractivity contribution >= 4 is 17.6 Å². The Hall–Kier alpha value is -3.83. The maximum absolute atomic E-state index is 4.77. The molecule has 8 heterocycles. The normalized spacial score (nSPS) is 21.6. The molecule has 8 rings (SSSR count). The van der Waals surface area contributed by atoms with E-state index in [-0.39, 0.29) is 0 Å². The van der Waals surface area contributed by atoms with Crippen LogP contribution in [0.3, 0.4) is 0 Å². The van der Waals surface area contributed by atoms with Gasteiger partial charge < -0.3 is 10.2 Å². The first kappa shape index (κ1) is 24.2. The standard InChI is InChI=1S/C28H35N11/c1-17-8-25(31-26-9-18(2)33-34-26)32-28(30-17)37-15-24(16-37)36-13-22-10-23(14-36)38(22)12-21-5-6-27(29-11-21)39-20(4)7-19(3)35-39/h5-9,11,22-24H,10,12-16H2,1-4H3,(H2,30,31,32,33,34). The van der Waals surface area contributed by atoms with Crippen LogP contribution in [0.4, 0.5) is 17.6 Å². The van der Waals surface area contributed by atoms with Crippen LogP contribution in [-0.2, 0) is 6.54 Å². The molecule has 2 unspecified atom stereocenters. The number of aromatic amines is 1. The first-order valence-electron chi connectivity index (χ1n) is 13.8. The summed E-state index contributed by atoms with van der Waals surface area (Å²) in [5.41, 5.74) is 5.35. The maximum atomic E-state index is 4.77. The van der Waals surface area contributed by atoms with E-state index in [1.807, 2.05) is 43.8 Å². The molecule has 202 valence electrons. The van der Waals surface area contributed by atoms with Crippen LogP contribution in [0.25, 0.3) is 5.82 Å². The van der Waals surface area contributed by atoms with Crippen molar-refractivity contribution in [2.45, 2.75) is 58.8 Å². The van der Waals surface area contributed by atoms with Crippen molar-refractivity contribution in [2.24, 2.45) is 0 Å². The Morgan fingerprint density at radius 2 is 1.72 bits per heavy atom. The SMILES string of the molecule is Cc1cc(Nc2cc(C)[nH]n2)nc(N2CC(N3CC4CC(C3)N4Cc3ccc(-n4nc(C)cc4C)nc3)C2)n1. The highest BCUT2D eigenvalue weighted by atomic mass is 15.4. The van der Waals surface area contributed by atoms with Gasteiger partial charge in [0.05, 0.1) is 5.69 Å². The number of aromatic nitrogens is 7. The summed E-state index contributed by atoms with van der Waals surface area (Å²) in [6.45, 7) is 13.2. The minimum Gasteiger partial charge on any atom is -0.337 e. The fourth-order valence-corrected chi connectivity index (χ4v) is 6.20. The minimum atomic E-state index is 0.564. The van der Waals surface area contributed by atoms with Crippen molar-refractivity contribution in [2.75, 3.05) is 36.4 Å². The largest absolute Gasteiger partial charge is 0.337 e. The van der Waals surface area contributed by atoms with Crippen molar-refractivity contribution in [3.05, 3.63) is 64.9 Å². The number of fused-ring (bicyclic) bond motifs is 2. The molecule has 2 bridgehead atoms. The summed E-state index contributed by atoms with van der Waals surface area (Å²) in [5, 5.41) is 15.1. The average molecular weight is 526 g/mol. The zero-order valence-electron chi connectivity index (χ0n) is 23.0. The average Bonchev–Trinajstić information content (AvgIpc) is 3.45. The van der Waals surface area contributed by atoms with Crippen LogP contribution in [0.5, 0.6) is 0 Å². The molecule has 4 aromatic heterocycles. The molecule has 0 amide bonds. The summed E-state index contributed by atoms with van der Waals surface area (Å²) in [4.78, 5) is 21.8. The Labute approximate surface area is 228 Å². The van der Waals surface area contributed by atoms with Gasteiger partial charge in [-0.15, -0.1) is 0 Å². The van der Waals surface area contributed by atoms with Gasteiger partial charge in [-0.25, -0.2) is 14.6 Å². The van der Waals surface area contributed by atoms with Gasteiger partial charge in [-0.2, -0.15) is 15.2 Å². The van der Waals surface area contributed by atoms with Crippen LogP contribution in [-0.4, -0.2) is 89.0 Å². The smallest absolute Gasteiger partial charge is 0.227 e. The number of hydrogen-bond donors (Lipinski definition) is 2. The minimum absolute atomic E-state index is 0.564. The summed E-state index contributed by atoms with van der Waals surface area (Å²) < 4.78 is 1.91. The molecule has 0 radical (unpaired) electrons. The van der Waals surface area contributed by atoms with E-state index in [2.05, 4.69) is 60.4 Å². The Kier molecular flexibility index (Phi) is 5.85. The fourth-order valence-electron chi connectivity index (χ4n) is 6.20. The van der Waals surface area contributed by atoms with E-state index in [1.165, 1.54) is 12.0 Å². The van der Waals surface area contributed by atoms with Gasteiger partial charge in [0.1, 0.15) is 5.82 Å². The van der Waals surface area contributed by atoms with Gasteiger partial charge in [0, 0.05) is 86.3 Å². The molecule has 0 aromatic carbocycles. The molecule has 39 heavy (non-hydrogen) atoms. The molecule has 0 aliphatic carbocycles. The number of H-pyrrole nitrogens is 1. The molecule has 4 fully saturated rings. The number of aryl methyl sites for hydroxylation is 4. The first-order chi connectivity index (χ1) is 18.9. The molecule has 4 saturated heterocycles. The van der Waals surface area contributed by atoms with Crippen LogP contribution in [0.2, 0.25) is 0 Å². The number of pyridine rings is 1. The molecular formula is C28H35N11. The van der Waals surface area contributed by atoms with E-state index < -0.39 is 0 Å². The Morgan fingerprint density at radius 1 is 0.897 bits per heavy atom. The summed E-state index contributed by atoms with van der Waals surface area (Å²) in [5.74, 6) is 3.22. The molecule has 2 atom stereocenters. The number of hydrogen-bond acceptors (Lipinski definition) is 9. The fraction of sp³-hybridized carbons (Fsp3) is 0.464. The predicted molar refractivity (Wildman–Crippen MR) is 150 cm³/mol. The van der Waals surface area contributed by atoms with Gasteiger partial charge >= 0.3 is 0 Å². The highest BCUT2D eigenvalue weighted by Crippen LogP contribution is 2.36. The van der Waals surface area contributed by atoms with E-state index in [9.17, 15) is 0 Å². The molecule has 0 spiro atoms. The number of piperidine rings is 1. The highest BCUT2D eigenvalue weighted by Gasteiger charge is 2.47. The predicted octanol–water partition coefficient (Wildman–Crippen LogP) is 2.90. The summed E-state index contributed by atoms with van der Waals surface area (Å²) in [7, 11) is 0. The van der Waals surface area contributed by atoms with Crippen molar-refractivity contribution in [3.63, 3.8) is 0 Å². The Morgan fingerprint density at radius 3 is 2.38 bits per heavy atom. The molecule has 4 aromatic rings. The first-order valence-corrected chi connectivity index (χ1v) is 13.8. The molecular weight excluding hydrogens is 490 g/mol. The van der Waals surface area contributed by atoms with Crippen LogP contribution < -0.4 is 10.2 Å². The monoisotopic (exact) mass is 525 g/mol. The van der Waals surface area contributed by atoms with Gasteiger partial charge in [-0.3, -0.25) is 14.9 Å². The second-order valence-corrected chi connectivity index (χ2v) is 11.3.